The Hall–Kier alpha value is -1.32. The van der Waals surface area contributed by atoms with Crippen LogP contribution in [0.5, 0.6) is 0 Å². The zero-order valence-electron chi connectivity index (χ0n) is 8.86. The van der Waals surface area contributed by atoms with Crippen LogP contribution in [0.1, 0.15) is 30.9 Å². The third-order valence-corrected chi connectivity index (χ3v) is 3.92. The van der Waals surface area contributed by atoms with Gasteiger partial charge in [-0.2, -0.15) is 5.10 Å². The first kappa shape index (κ1) is 8.95. The highest BCUT2D eigenvalue weighted by atomic mass is 16.2. The number of amides is 1. The molecule has 80 valence electrons. The Balaban J connectivity index is 1.96. The fourth-order valence-corrected chi connectivity index (χ4v) is 2.86. The van der Waals surface area contributed by atoms with Crippen LogP contribution >= 0.6 is 0 Å². The van der Waals surface area contributed by atoms with Gasteiger partial charge < -0.3 is 5.32 Å². The van der Waals surface area contributed by atoms with Crippen LogP contribution in [0, 0.1) is 5.41 Å². The van der Waals surface area contributed by atoms with E-state index in [-0.39, 0.29) is 11.3 Å². The van der Waals surface area contributed by atoms with Crippen LogP contribution in [0.15, 0.2) is 12.3 Å². The van der Waals surface area contributed by atoms with Gasteiger partial charge in [0.1, 0.15) is 0 Å². The molecule has 1 aliphatic carbocycles. The summed E-state index contributed by atoms with van der Waals surface area (Å²) in [5.41, 5.74) is 0.949. The number of aryl methyl sites for hydroxylation is 1. The average molecular weight is 205 g/mol. The Kier molecular flexibility index (Phi) is 1.69. The van der Waals surface area contributed by atoms with E-state index in [9.17, 15) is 4.79 Å². The fourth-order valence-electron chi connectivity index (χ4n) is 2.86. The largest absolute Gasteiger partial charge is 0.355 e. The van der Waals surface area contributed by atoms with Gasteiger partial charge in [-0.1, -0.05) is 6.42 Å². The number of hydrogen-bond donors (Lipinski definition) is 1. The highest BCUT2D eigenvalue weighted by molar-refractivity contribution is 5.87. The van der Waals surface area contributed by atoms with Crippen molar-refractivity contribution in [3.05, 3.63) is 18.0 Å². The van der Waals surface area contributed by atoms with E-state index in [1.807, 2.05) is 24.0 Å². The number of carbonyl (C=O) groups is 1. The van der Waals surface area contributed by atoms with Gasteiger partial charge in [-0.25, -0.2) is 0 Å². The summed E-state index contributed by atoms with van der Waals surface area (Å²) in [6, 6.07) is 2.03. The molecule has 15 heavy (non-hydrogen) atoms. The molecule has 1 aromatic heterocycles. The number of rotatable bonds is 1. The molecular formula is C11H15N3O. The van der Waals surface area contributed by atoms with Crippen molar-refractivity contribution in [1.29, 1.82) is 0 Å². The number of nitrogens with zero attached hydrogens (tertiary/aromatic N) is 2. The van der Waals surface area contributed by atoms with Gasteiger partial charge in [0.2, 0.25) is 5.91 Å². The standard InChI is InChI=1S/C11H15N3O/c1-14-6-3-9(13-14)8-7-12-10(15)11(8)4-2-5-11/h3,6,8H,2,4-5,7H2,1H3,(H,12,15)/t8-/m0/s1. The first-order chi connectivity index (χ1) is 7.22. The van der Waals surface area contributed by atoms with Crippen molar-refractivity contribution >= 4 is 5.91 Å². The van der Waals surface area contributed by atoms with Crippen LogP contribution in [0.4, 0.5) is 0 Å². The zero-order valence-corrected chi connectivity index (χ0v) is 8.86. The average Bonchev–Trinajstić information content (AvgIpc) is 2.67. The minimum Gasteiger partial charge on any atom is -0.355 e. The van der Waals surface area contributed by atoms with Gasteiger partial charge in [-0.3, -0.25) is 9.48 Å². The predicted molar refractivity (Wildman–Crippen MR) is 55.2 cm³/mol. The Morgan fingerprint density at radius 2 is 2.40 bits per heavy atom. The van der Waals surface area contributed by atoms with Crippen LogP contribution in [0.25, 0.3) is 0 Å². The van der Waals surface area contributed by atoms with Crippen molar-refractivity contribution in [1.82, 2.24) is 15.1 Å². The molecule has 4 nitrogen and oxygen atoms in total. The molecule has 1 spiro atoms. The van der Waals surface area contributed by atoms with E-state index in [1.165, 1.54) is 6.42 Å². The molecule has 3 rings (SSSR count). The second kappa shape index (κ2) is 2.84. The Morgan fingerprint density at radius 1 is 1.60 bits per heavy atom. The van der Waals surface area contributed by atoms with Gasteiger partial charge in [0.05, 0.1) is 11.1 Å². The number of carbonyl (C=O) groups excluding carboxylic acids is 1. The monoisotopic (exact) mass is 205 g/mol. The first-order valence-electron chi connectivity index (χ1n) is 5.50. The molecule has 1 aliphatic heterocycles. The SMILES string of the molecule is Cn1ccc([C@@H]2CNC(=O)C23CCC3)n1. The van der Waals surface area contributed by atoms with E-state index < -0.39 is 0 Å². The molecule has 0 radical (unpaired) electrons. The lowest BCUT2D eigenvalue weighted by atomic mass is 9.61. The topological polar surface area (TPSA) is 46.9 Å². The third-order valence-electron chi connectivity index (χ3n) is 3.92. The minimum absolute atomic E-state index is 0.117. The molecule has 2 aliphatic rings. The highest BCUT2D eigenvalue weighted by Crippen LogP contribution is 2.53. The van der Waals surface area contributed by atoms with Gasteiger partial charge in [0.25, 0.3) is 0 Å². The molecule has 2 fully saturated rings. The summed E-state index contributed by atoms with van der Waals surface area (Å²) in [6.07, 6.45) is 5.18. The van der Waals surface area contributed by atoms with E-state index in [0.29, 0.717) is 5.92 Å². The Labute approximate surface area is 88.7 Å². The summed E-state index contributed by atoms with van der Waals surface area (Å²) < 4.78 is 1.81. The molecule has 4 heteroatoms. The highest BCUT2D eigenvalue weighted by Gasteiger charge is 2.55. The zero-order chi connectivity index (χ0) is 10.5. The summed E-state index contributed by atoms with van der Waals surface area (Å²) in [4.78, 5) is 11.8. The first-order valence-corrected chi connectivity index (χ1v) is 5.50. The van der Waals surface area contributed by atoms with Crippen LogP contribution in [0.2, 0.25) is 0 Å². The predicted octanol–water partition coefficient (Wildman–Crippen LogP) is 0.804. The summed E-state index contributed by atoms with van der Waals surface area (Å²) in [7, 11) is 1.92. The van der Waals surface area contributed by atoms with Crippen molar-refractivity contribution < 1.29 is 4.79 Å². The minimum atomic E-state index is -0.117. The number of hydrogen-bond acceptors (Lipinski definition) is 2. The Morgan fingerprint density at radius 3 is 2.93 bits per heavy atom. The summed E-state index contributed by atoms with van der Waals surface area (Å²) in [6.45, 7) is 0.760. The van der Waals surface area contributed by atoms with E-state index in [2.05, 4.69) is 10.4 Å². The van der Waals surface area contributed by atoms with Crippen LogP contribution in [-0.4, -0.2) is 22.2 Å². The van der Waals surface area contributed by atoms with Crippen molar-refractivity contribution in [2.24, 2.45) is 12.5 Å². The van der Waals surface area contributed by atoms with Crippen LogP contribution < -0.4 is 5.32 Å². The molecule has 2 heterocycles. The van der Waals surface area contributed by atoms with Gasteiger partial charge in [-0.05, 0) is 18.9 Å². The van der Waals surface area contributed by atoms with Gasteiger partial charge in [0.15, 0.2) is 0 Å². The molecule has 1 atom stereocenters. The molecule has 1 saturated carbocycles. The van der Waals surface area contributed by atoms with Crippen molar-refractivity contribution in [2.75, 3.05) is 6.54 Å². The number of nitrogens with one attached hydrogen (secondary N) is 1. The van der Waals surface area contributed by atoms with Crippen molar-refractivity contribution in [3.63, 3.8) is 0 Å². The molecule has 1 amide bonds. The summed E-state index contributed by atoms with van der Waals surface area (Å²) >= 11 is 0. The fraction of sp³-hybridized carbons (Fsp3) is 0.636. The summed E-state index contributed by atoms with van der Waals surface area (Å²) in [5.74, 6) is 0.532. The molecule has 1 N–H and O–H groups in total. The van der Waals surface area contributed by atoms with E-state index in [1.54, 1.807) is 0 Å². The Bertz CT molecular complexity index is 406. The lowest BCUT2D eigenvalue weighted by Crippen LogP contribution is -2.40. The maximum atomic E-state index is 11.8. The second-order valence-corrected chi connectivity index (χ2v) is 4.69. The van der Waals surface area contributed by atoms with Gasteiger partial charge in [-0.15, -0.1) is 0 Å². The lowest BCUT2D eigenvalue weighted by Gasteiger charge is -2.39. The van der Waals surface area contributed by atoms with E-state index in [4.69, 9.17) is 0 Å². The number of aromatic nitrogens is 2. The molecular weight excluding hydrogens is 190 g/mol. The van der Waals surface area contributed by atoms with Crippen molar-refractivity contribution in [2.45, 2.75) is 25.2 Å². The second-order valence-electron chi connectivity index (χ2n) is 4.69. The van der Waals surface area contributed by atoms with Crippen LogP contribution in [-0.2, 0) is 11.8 Å². The van der Waals surface area contributed by atoms with Gasteiger partial charge >= 0.3 is 0 Å². The molecule has 1 saturated heterocycles. The summed E-state index contributed by atoms with van der Waals surface area (Å²) in [5, 5.41) is 7.41. The molecule has 1 aromatic rings. The molecule has 0 aromatic carbocycles. The van der Waals surface area contributed by atoms with Gasteiger partial charge in [0, 0.05) is 25.7 Å². The third kappa shape index (κ3) is 1.07. The molecule has 0 unspecified atom stereocenters. The smallest absolute Gasteiger partial charge is 0.226 e. The van der Waals surface area contributed by atoms with Crippen LogP contribution in [0.3, 0.4) is 0 Å². The van der Waals surface area contributed by atoms with E-state index >= 15 is 0 Å². The maximum absolute atomic E-state index is 11.8. The van der Waals surface area contributed by atoms with Crippen molar-refractivity contribution in [3.8, 4) is 0 Å². The lowest BCUT2D eigenvalue weighted by molar-refractivity contribution is -0.132. The molecule has 0 bridgehead atoms. The normalized spacial score (nSPS) is 27.8. The quantitative estimate of drug-likeness (QED) is 0.737. The van der Waals surface area contributed by atoms with E-state index in [0.717, 1.165) is 25.1 Å². The maximum Gasteiger partial charge on any atom is 0.226 e.